The molecular formula is C20H19Cl2N3O6. The van der Waals surface area contributed by atoms with Crippen LogP contribution in [0.15, 0.2) is 41.0 Å². The van der Waals surface area contributed by atoms with E-state index in [1.54, 1.807) is 12.1 Å². The number of carboxylic acid groups (broad SMARTS) is 1. The summed E-state index contributed by atoms with van der Waals surface area (Å²) >= 11 is 12.3. The number of furan rings is 1. The molecule has 3 amide bonds. The highest BCUT2D eigenvalue weighted by molar-refractivity contribution is 6.39. The smallest absolute Gasteiger partial charge is 0.328 e. The van der Waals surface area contributed by atoms with E-state index in [1.807, 2.05) is 0 Å². The van der Waals surface area contributed by atoms with Crippen LogP contribution in [0.1, 0.15) is 28.6 Å². The first kappa shape index (κ1) is 24.0. The number of rotatable bonds is 9. The van der Waals surface area contributed by atoms with Crippen LogP contribution in [0.5, 0.6) is 0 Å². The fourth-order valence-corrected chi connectivity index (χ4v) is 3.12. The molecule has 2 aromatic rings. The molecule has 4 N–H and O–H groups in total. The van der Waals surface area contributed by atoms with E-state index < -0.39 is 23.8 Å². The van der Waals surface area contributed by atoms with Crippen LogP contribution < -0.4 is 16.0 Å². The van der Waals surface area contributed by atoms with Crippen molar-refractivity contribution in [1.82, 2.24) is 16.0 Å². The van der Waals surface area contributed by atoms with Gasteiger partial charge in [-0.2, -0.15) is 0 Å². The van der Waals surface area contributed by atoms with Gasteiger partial charge in [0.15, 0.2) is 0 Å². The van der Waals surface area contributed by atoms with Crippen LogP contribution in [0.25, 0.3) is 6.08 Å². The van der Waals surface area contributed by atoms with Gasteiger partial charge in [-0.1, -0.05) is 23.2 Å². The number of carbonyl (C=O) groups excluding carboxylic acids is 3. The van der Waals surface area contributed by atoms with Gasteiger partial charge < -0.3 is 25.5 Å². The molecule has 0 saturated carbocycles. The third kappa shape index (κ3) is 7.47. The van der Waals surface area contributed by atoms with E-state index in [0.29, 0.717) is 11.3 Å². The number of hydrogen-bond acceptors (Lipinski definition) is 5. The molecule has 9 nitrogen and oxygen atoms in total. The van der Waals surface area contributed by atoms with Crippen LogP contribution >= 0.6 is 23.2 Å². The summed E-state index contributed by atoms with van der Waals surface area (Å²) in [6.45, 7) is 1.00. The highest BCUT2D eigenvalue weighted by Gasteiger charge is 2.24. The van der Waals surface area contributed by atoms with E-state index in [-0.39, 0.29) is 34.6 Å². The summed E-state index contributed by atoms with van der Waals surface area (Å²) in [6.07, 6.45) is 4.28. The van der Waals surface area contributed by atoms with Gasteiger partial charge in [-0.15, -0.1) is 0 Å². The fourth-order valence-electron chi connectivity index (χ4n) is 2.41. The summed E-state index contributed by atoms with van der Waals surface area (Å²) in [5.74, 6) is -2.45. The molecule has 164 valence electrons. The number of hydrogen-bond donors (Lipinski definition) is 4. The molecule has 1 aromatic heterocycles. The number of benzene rings is 1. The molecule has 0 spiro atoms. The van der Waals surface area contributed by atoms with Crippen molar-refractivity contribution in [1.29, 1.82) is 0 Å². The Kier molecular flexibility index (Phi) is 8.65. The van der Waals surface area contributed by atoms with Crippen molar-refractivity contribution in [3.8, 4) is 0 Å². The molecule has 1 aromatic carbocycles. The fraction of sp³-hybridized carbons (Fsp3) is 0.200. The van der Waals surface area contributed by atoms with Gasteiger partial charge >= 0.3 is 5.97 Å². The van der Waals surface area contributed by atoms with Crippen molar-refractivity contribution < 1.29 is 28.7 Å². The Bertz CT molecular complexity index is 981. The normalized spacial score (nSPS) is 11.7. The molecule has 0 saturated heterocycles. The second kappa shape index (κ2) is 11.2. The van der Waals surface area contributed by atoms with Crippen molar-refractivity contribution in [3.05, 3.63) is 63.5 Å². The van der Waals surface area contributed by atoms with Gasteiger partial charge in [0.25, 0.3) is 5.91 Å². The maximum atomic E-state index is 12.5. The number of carboxylic acids is 1. The zero-order chi connectivity index (χ0) is 23.0. The SMILES string of the molecule is CC(=O)NC[C@H](NC(=O)c1c(Cl)cc(CNC(=O)/C=C/c2ccco2)cc1Cl)C(=O)O. The minimum absolute atomic E-state index is 0.0240. The Morgan fingerprint density at radius 1 is 1.16 bits per heavy atom. The van der Waals surface area contributed by atoms with Gasteiger partial charge in [0.2, 0.25) is 11.8 Å². The largest absolute Gasteiger partial charge is 0.480 e. The third-order valence-electron chi connectivity index (χ3n) is 3.90. The molecule has 0 aliphatic carbocycles. The lowest BCUT2D eigenvalue weighted by Crippen LogP contribution is -2.48. The molecule has 0 bridgehead atoms. The summed E-state index contributed by atoms with van der Waals surface area (Å²) in [5, 5.41) is 16.4. The predicted octanol–water partition coefficient (Wildman–Crippen LogP) is 2.24. The highest BCUT2D eigenvalue weighted by atomic mass is 35.5. The van der Waals surface area contributed by atoms with Crippen LogP contribution in [0.3, 0.4) is 0 Å². The summed E-state index contributed by atoms with van der Waals surface area (Å²) in [5.41, 5.74) is 0.407. The molecule has 0 radical (unpaired) electrons. The van der Waals surface area contributed by atoms with Crippen molar-refractivity contribution >= 4 is 53.0 Å². The number of nitrogens with one attached hydrogen (secondary N) is 3. The van der Waals surface area contributed by atoms with Crippen LogP contribution in [-0.2, 0) is 20.9 Å². The highest BCUT2D eigenvalue weighted by Crippen LogP contribution is 2.27. The minimum atomic E-state index is -1.37. The van der Waals surface area contributed by atoms with E-state index in [0.717, 1.165) is 0 Å². The quantitative estimate of drug-likeness (QED) is 0.417. The maximum Gasteiger partial charge on any atom is 0.328 e. The average molecular weight is 468 g/mol. The standard InChI is InChI=1S/C20H19Cl2N3O6/c1-11(26)23-10-16(20(29)30)25-19(28)18-14(21)7-12(8-15(18)22)9-24-17(27)5-4-13-3-2-6-31-13/h2-8,16H,9-10H2,1H3,(H,23,26)(H,24,27)(H,25,28)(H,29,30)/b5-4+/t16-/m0/s1. The molecular weight excluding hydrogens is 449 g/mol. The first-order valence-electron chi connectivity index (χ1n) is 8.92. The Hall–Kier alpha value is -3.30. The van der Waals surface area contributed by atoms with Crippen molar-refractivity contribution in [2.24, 2.45) is 0 Å². The molecule has 0 fully saturated rings. The van der Waals surface area contributed by atoms with Gasteiger partial charge in [0.1, 0.15) is 11.8 Å². The first-order chi connectivity index (χ1) is 14.7. The molecule has 0 aliphatic heterocycles. The van der Waals surface area contributed by atoms with E-state index in [2.05, 4.69) is 16.0 Å². The zero-order valence-electron chi connectivity index (χ0n) is 16.3. The summed E-state index contributed by atoms with van der Waals surface area (Å²) in [7, 11) is 0. The van der Waals surface area contributed by atoms with Gasteiger partial charge in [0, 0.05) is 26.1 Å². The lowest BCUT2D eigenvalue weighted by atomic mass is 10.1. The molecule has 0 aliphatic rings. The molecule has 11 heteroatoms. The number of aliphatic carboxylic acids is 1. The lowest BCUT2D eigenvalue weighted by molar-refractivity contribution is -0.139. The van der Waals surface area contributed by atoms with E-state index in [9.17, 15) is 24.3 Å². The second-order valence-corrected chi connectivity index (χ2v) is 7.12. The third-order valence-corrected chi connectivity index (χ3v) is 4.49. The van der Waals surface area contributed by atoms with E-state index >= 15 is 0 Å². The van der Waals surface area contributed by atoms with Crippen LogP contribution in [0.2, 0.25) is 10.0 Å². The summed E-state index contributed by atoms with van der Waals surface area (Å²) in [6, 6.07) is 4.88. The topological polar surface area (TPSA) is 138 Å². The first-order valence-corrected chi connectivity index (χ1v) is 9.68. The minimum Gasteiger partial charge on any atom is -0.480 e. The summed E-state index contributed by atoms with van der Waals surface area (Å²) in [4.78, 5) is 46.7. The Labute approximate surface area is 187 Å². The van der Waals surface area contributed by atoms with Gasteiger partial charge in [-0.05, 0) is 35.9 Å². The van der Waals surface area contributed by atoms with Gasteiger partial charge in [0.05, 0.1) is 21.9 Å². The van der Waals surface area contributed by atoms with Crippen molar-refractivity contribution in [2.45, 2.75) is 19.5 Å². The van der Waals surface area contributed by atoms with Crippen molar-refractivity contribution in [3.63, 3.8) is 0 Å². The molecule has 0 unspecified atom stereocenters. The van der Waals surface area contributed by atoms with Crippen LogP contribution in [-0.4, -0.2) is 41.4 Å². The van der Waals surface area contributed by atoms with Gasteiger partial charge in [-0.3, -0.25) is 14.4 Å². The summed E-state index contributed by atoms with van der Waals surface area (Å²) < 4.78 is 5.09. The molecule has 1 heterocycles. The molecule has 1 atom stereocenters. The monoisotopic (exact) mass is 467 g/mol. The second-order valence-electron chi connectivity index (χ2n) is 6.30. The van der Waals surface area contributed by atoms with E-state index in [1.165, 1.54) is 37.5 Å². The number of amides is 3. The zero-order valence-corrected chi connectivity index (χ0v) is 17.8. The maximum absolute atomic E-state index is 12.5. The Morgan fingerprint density at radius 2 is 1.84 bits per heavy atom. The Morgan fingerprint density at radius 3 is 2.39 bits per heavy atom. The van der Waals surface area contributed by atoms with Gasteiger partial charge in [-0.25, -0.2) is 4.79 Å². The average Bonchev–Trinajstić information content (AvgIpc) is 3.20. The van der Waals surface area contributed by atoms with Crippen LogP contribution in [0, 0.1) is 0 Å². The van der Waals surface area contributed by atoms with Crippen molar-refractivity contribution in [2.75, 3.05) is 6.54 Å². The molecule has 2 rings (SSSR count). The number of carbonyl (C=O) groups is 4. The molecule has 31 heavy (non-hydrogen) atoms. The predicted molar refractivity (Wildman–Crippen MR) is 114 cm³/mol. The van der Waals surface area contributed by atoms with Crippen LogP contribution in [0.4, 0.5) is 0 Å². The number of halogens is 2. The lowest BCUT2D eigenvalue weighted by Gasteiger charge is -2.16. The van der Waals surface area contributed by atoms with E-state index in [4.69, 9.17) is 27.6 Å². The Balaban J connectivity index is 2.03.